The summed E-state index contributed by atoms with van der Waals surface area (Å²) in [6, 6.07) is 4.16. The number of H-pyrrole nitrogens is 1. The lowest BCUT2D eigenvalue weighted by Crippen LogP contribution is -2.11. The normalized spacial score (nSPS) is 18.9. The van der Waals surface area contributed by atoms with Crippen LogP contribution in [-0.4, -0.2) is 23.1 Å². The Morgan fingerprint density at radius 2 is 2.21 bits per heavy atom. The minimum atomic E-state index is -0.839. The molecule has 0 aliphatic carbocycles. The smallest absolute Gasteiger partial charge is 0.168 e. The first kappa shape index (κ1) is 12.3. The lowest BCUT2D eigenvalue weighted by molar-refractivity contribution is 0.511. The molecule has 1 aliphatic heterocycles. The first-order valence-electron chi connectivity index (χ1n) is 6.43. The van der Waals surface area contributed by atoms with Crippen molar-refractivity contribution in [3.8, 4) is 11.3 Å². The van der Waals surface area contributed by atoms with Gasteiger partial charge in [-0.25, -0.2) is 13.8 Å². The summed E-state index contributed by atoms with van der Waals surface area (Å²) in [5.41, 5.74) is 0.751. The Labute approximate surface area is 110 Å². The molecular formula is C14H15F2N3. The fraction of sp³-hybridized carbons (Fsp3) is 0.357. The van der Waals surface area contributed by atoms with Crippen molar-refractivity contribution in [2.75, 3.05) is 13.1 Å². The van der Waals surface area contributed by atoms with Crippen LogP contribution in [0.2, 0.25) is 0 Å². The van der Waals surface area contributed by atoms with Crippen LogP contribution in [-0.2, 0) is 6.42 Å². The van der Waals surface area contributed by atoms with Crippen LogP contribution >= 0.6 is 0 Å². The molecule has 1 unspecified atom stereocenters. The highest BCUT2D eigenvalue weighted by molar-refractivity contribution is 5.59. The van der Waals surface area contributed by atoms with Gasteiger partial charge in [0.25, 0.3) is 0 Å². The molecule has 1 aromatic heterocycles. The topological polar surface area (TPSA) is 40.7 Å². The van der Waals surface area contributed by atoms with E-state index in [1.54, 1.807) is 12.3 Å². The molecule has 2 heterocycles. The van der Waals surface area contributed by atoms with E-state index in [0.717, 1.165) is 37.8 Å². The first-order valence-corrected chi connectivity index (χ1v) is 6.43. The summed E-state index contributed by atoms with van der Waals surface area (Å²) < 4.78 is 26.9. The summed E-state index contributed by atoms with van der Waals surface area (Å²) in [7, 11) is 0. The van der Waals surface area contributed by atoms with Crippen LogP contribution in [0.5, 0.6) is 0 Å². The molecule has 0 spiro atoms. The van der Waals surface area contributed by atoms with E-state index in [0.29, 0.717) is 11.6 Å². The second-order valence-electron chi connectivity index (χ2n) is 4.91. The largest absolute Gasteiger partial charge is 0.342 e. The van der Waals surface area contributed by atoms with Gasteiger partial charge >= 0.3 is 0 Å². The zero-order valence-corrected chi connectivity index (χ0v) is 10.4. The van der Waals surface area contributed by atoms with Gasteiger partial charge in [-0.1, -0.05) is 6.07 Å². The van der Waals surface area contributed by atoms with E-state index in [1.807, 2.05) is 0 Å². The van der Waals surface area contributed by atoms with Gasteiger partial charge in [0.1, 0.15) is 5.82 Å². The number of nitrogens with one attached hydrogen (secondary N) is 2. The van der Waals surface area contributed by atoms with Crippen molar-refractivity contribution in [2.24, 2.45) is 5.92 Å². The zero-order chi connectivity index (χ0) is 13.2. The van der Waals surface area contributed by atoms with Crippen molar-refractivity contribution in [3.63, 3.8) is 0 Å². The molecule has 2 N–H and O–H groups in total. The predicted molar refractivity (Wildman–Crippen MR) is 68.6 cm³/mol. The van der Waals surface area contributed by atoms with Gasteiger partial charge in [-0.3, -0.25) is 0 Å². The van der Waals surface area contributed by atoms with E-state index in [1.165, 1.54) is 6.07 Å². The first-order chi connectivity index (χ1) is 9.24. The average Bonchev–Trinajstić information content (AvgIpc) is 3.05. The van der Waals surface area contributed by atoms with Crippen molar-refractivity contribution in [1.29, 1.82) is 0 Å². The summed E-state index contributed by atoms with van der Waals surface area (Å²) in [5, 5.41) is 3.30. The Morgan fingerprint density at radius 3 is 3.00 bits per heavy atom. The molecule has 1 aromatic carbocycles. The fourth-order valence-corrected chi connectivity index (χ4v) is 2.48. The van der Waals surface area contributed by atoms with Crippen molar-refractivity contribution in [1.82, 2.24) is 15.3 Å². The number of aromatic amines is 1. The van der Waals surface area contributed by atoms with Gasteiger partial charge in [0.15, 0.2) is 11.6 Å². The minimum Gasteiger partial charge on any atom is -0.342 e. The molecule has 19 heavy (non-hydrogen) atoms. The minimum absolute atomic E-state index is 0.225. The van der Waals surface area contributed by atoms with Gasteiger partial charge in [0.2, 0.25) is 0 Å². The number of halogens is 2. The predicted octanol–water partition coefficient (Wildman–Crippen LogP) is 2.51. The molecule has 5 heteroatoms. The third-order valence-corrected chi connectivity index (χ3v) is 3.51. The van der Waals surface area contributed by atoms with Crippen molar-refractivity contribution in [2.45, 2.75) is 12.8 Å². The van der Waals surface area contributed by atoms with Gasteiger partial charge < -0.3 is 10.3 Å². The number of nitrogens with zero attached hydrogens (tertiary/aromatic N) is 1. The van der Waals surface area contributed by atoms with Gasteiger partial charge in [-0.2, -0.15) is 0 Å². The maximum absolute atomic E-state index is 13.7. The van der Waals surface area contributed by atoms with Crippen LogP contribution in [0.15, 0.2) is 24.4 Å². The lowest BCUT2D eigenvalue weighted by atomic mass is 10.1. The second-order valence-corrected chi connectivity index (χ2v) is 4.91. The van der Waals surface area contributed by atoms with Gasteiger partial charge in [-0.05, 0) is 37.6 Å². The van der Waals surface area contributed by atoms with Crippen LogP contribution in [0.3, 0.4) is 0 Å². The Kier molecular flexibility index (Phi) is 3.29. The highest BCUT2D eigenvalue weighted by Crippen LogP contribution is 2.23. The number of hydrogen-bond donors (Lipinski definition) is 2. The molecule has 1 aliphatic rings. The Morgan fingerprint density at radius 1 is 1.32 bits per heavy atom. The summed E-state index contributed by atoms with van der Waals surface area (Å²) in [5.74, 6) is -0.280. The number of imidazole rings is 1. The van der Waals surface area contributed by atoms with Crippen molar-refractivity contribution < 1.29 is 8.78 Å². The monoisotopic (exact) mass is 263 g/mol. The van der Waals surface area contributed by atoms with Gasteiger partial charge in [0.05, 0.1) is 11.9 Å². The van der Waals surface area contributed by atoms with E-state index in [9.17, 15) is 8.78 Å². The SMILES string of the molecule is Fc1cccc(-c2cnc(CC3CCNC3)[nH]2)c1F. The van der Waals surface area contributed by atoms with E-state index >= 15 is 0 Å². The molecule has 0 bridgehead atoms. The van der Waals surface area contributed by atoms with Crippen LogP contribution in [0, 0.1) is 17.6 Å². The third-order valence-electron chi connectivity index (χ3n) is 3.51. The van der Waals surface area contributed by atoms with Crippen molar-refractivity contribution in [3.05, 3.63) is 41.9 Å². The molecule has 2 aromatic rings. The number of benzene rings is 1. The van der Waals surface area contributed by atoms with Gasteiger partial charge in [0, 0.05) is 12.0 Å². The molecule has 3 nitrogen and oxygen atoms in total. The molecule has 1 atom stereocenters. The molecule has 0 saturated carbocycles. The molecule has 1 saturated heterocycles. The highest BCUT2D eigenvalue weighted by atomic mass is 19.2. The fourth-order valence-electron chi connectivity index (χ4n) is 2.48. The molecule has 100 valence electrons. The van der Waals surface area contributed by atoms with E-state index in [-0.39, 0.29) is 5.56 Å². The number of hydrogen-bond acceptors (Lipinski definition) is 2. The Balaban J connectivity index is 1.82. The highest BCUT2D eigenvalue weighted by Gasteiger charge is 2.17. The second kappa shape index (κ2) is 5.09. The zero-order valence-electron chi connectivity index (χ0n) is 10.4. The van der Waals surface area contributed by atoms with E-state index in [2.05, 4.69) is 15.3 Å². The van der Waals surface area contributed by atoms with Crippen LogP contribution in [0.4, 0.5) is 8.78 Å². The van der Waals surface area contributed by atoms with Gasteiger partial charge in [-0.15, -0.1) is 0 Å². The molecule has 0 radical (unpaired) electrons. The molecule has 1 fully saturated rings. The maximum atomic E-state index is 13.7. The molecule has 3 rings (SSSR count). The molecule has 0 amide bonds. The number of aromatic nitrogens is 2. The Hall–Kier alpha value is -1.75. The summed E-state index contributed by atoms with van der Waals surface area (Å²) in [6.45, 7) is 2.03. The third kappa shape index (κ3) is 2.51. The maximum Gasteiger partial charge on any atom is 0.168 e. The van der Waals surface area contributed by atoms with Crippen LogP contribution < -0.4 is 5.32 Å². The number of rotatable bonds is 3. The standard InChI is InChI=1S/C14H15F2N3/c15-11-3-1-2-10(14(11)16)12-8-18-13(19-12)6-9-4-5-17-7-9/h1-3,8-9,17H,4-7H2,(H,18,19). The lowest BCUT2D eigenvalue weighted by Gasteiger charge is -2.04. The Bertz CT molecular complexity index is 574. The summed E-state index contributed by atoms with van der Waals surface area (Å²) in [6.07, 6.45) is 3.53. The molecular weight excluding hydrogens is 248 g/mol. The van der Waals surface area contributed by atoms with Crippen LogP contribution in [0.1, 0.15) is 12.2 Å². The summed E-state index contributed by atoms with van der Waals surface area (Å²) >= 11 is 0. The summed E-state index contributed by atoms with van der Waals surface area (Å²) in [4.78, 5) is 7.33. The quantitative estimate of drug-likeness (QED) is 0.893. The van der Waals surface area contributed by atoms with E-state index < -0.39 is 11.6 Å². The average molecular weight is 263 g/mol. The van der Waals surface area contributed by atoms with E-state index in [4.69, 9.17) is 0 Å². The van der Waals surface area contributed by atoms with Crippen LogP contribution in [0.25, 0.3) is 11.3 Å². The van der Waals surface area contributed by atoms with Crippen molar-refractivity contribution >= 4 is 0 Å².